The Morgan fingerprint density at radius 3 is 2.46 bits per heavy atom. The molecule has 0 spiro atoms. The quantitative estimate of drug-likeness (QED) is 0.730. The molecule has 132 valence electrons. The fraction of sp³-hybridized carbons (Fsp3) is 0.200. The van der Waals surface area contributed by atoms with E-state index >= 15 is 0 Å². The normalized spacial score (nSPS) is 12.5. The van der Waals surface area contributed by atoms with Crippen LogP contribution in [0.5, 0.6) is 11.5 Å². The SMILES string of the molecule is Cc1cccc(Nc2cc(Nc3ccc4c(c3)OCCO4)ncn2)c1C. The number of rotatable bonds is 4. The second-order valence-corrected chi connectivity index (χ2v) is 6.14. The number of anilines is 4. The Morgan fingerprint density at radius 2 is 1.62 bits per heavy atom. The van der Waals surface area contributed by atoms with Crippen LogP contribution < -0.4 is 20.1 Å². The van der Waals surface area contributed by atoms with Crippen LogP contribution in [0.1, 0.15) is 11.1 Å². The Balaban J connectivity index is 1.53. The van der Waals surface area contributed by atoms with Gasteiger partial charge in [-0.3, -0.25) is 0 Å². The van der Waals surface area contributed by atoms with Crippen LogP contribution >= 0.6 is 0 Å². The van der Waals surface area contributed by atoms with Gasteiger partial charge in [0.15, 0.2) is 11.5 Å². The van der Waals surface area contributed by atoms with Gasteiger partial charge in [0.25, 0.3) is 0 Å². The lowest BCUT2D eigenvalue weighted by Crippen LogP contribution is -2.15. The van der Waals surface area contributed by atoms with Crippen LogP contribution in [0.2, 0.25) is 0 Å². The van der Waals surface area contributed by atoms with E-state index in [1.807, 2.05) is 36.4 Å². The maximum Gasteiger partial charge on any atom is 0.163 e. The third kappa shape index (κ3) is 3.39. The second-order valence-electron chi connectivity index (χ2n) is 6.14. The van der Waals surface area contributed by atoms with Crippen molar-refractivity contribution in [3.63, 3.8) is 0 Å². The number of hydrogen-bond donors (Lipinski definition) is 2. The van der Waals surface area contributed by atoms with Crippen molar-refractivity contribution in [2.75, 3.05) is 23.8 Å². The molecule has 1 aliphatic rings. The standard InChI is InChI=1S/C20H20N4O2/c1-13-4-3-5-16(14(13)2)24-20-11-19(21-12-22-20)23-15-6-7-17-18(10-15)26-9-8-25-17/h3-7,10-12H,8-9H2,1-2H3,(H2,21,22,23,24). The van der Waals surface area contributed by atoms with Crippen LogP contribution in [0.25, 0.3) is 0 Å². The number of aromatic nitrogens is 2. The molecule has 0 unspecified atom stereocenters. The van der Waals surface area contributed by atoms with Crippen LogP contribution in [0.4, 0.5) is 23.0 Å². The van der Waals surface area contributed by atoms with E-state index in [1.54, 1.807) is 0 Å². The van der Waals surface area contributed by atoms with E-state index in [0.29, 0.717) is 19.0 Å². The highest BCUT2D eigenvalue weighted by molar-refractivity contribution is 5.66. The molecule has 26 heavy (non-hydrogen) atoms. The number of ether oxygens (including phenoxy) is 2. The zero-order chi connectivity index (χ0) is 17.9. The zero-order valence-corrected chi connectivity index (χ0v) is 14.7. The smallest absolute Gasteiger partial charge is 0.163 e. The summed E-state index contributed by atoms with van der Waals surface area (Å²) in [6.45, 7) is 5.33. The van der Waals surface area contributed by atoms with Crippen molar-refractivity contribution in [3.05, 3.63) is 59.9 Å². The topological polar surface area (TPSA) is 68.3 Å². The predicted octanol–water partition coefficient (Wildman–Crippen LogP) is 4.35. The summed E-state index contributed by atoms with van der Waals surface area (Å²) in [6, 6.07) is 13.8. The van der Waals surface area contributed by atoms with Crippen LogP contribution in [-0.4, -0.2) is 23.2 Å². The molecule has 2 heterocycles. The van der Waals surface area contributed by atoms with E-state index in [0.717, 1.165) is 28.7 Å². The molecule has 0 bridgehead atoms. The van der Waals surface area contributed by atoms with Crippen LogP contribution in [0.3, 0.4) is 0 Å². The first-order valence-corrected chi connectivity index (χ1v) is 8.51. The Morgan fingerprint density at radius 1 is 0.846 bits per heavy atom. The highest BCUT2D eigenvalue weighted by Crippen LogP contribution is 2.33. The predicted molar refractivity (Wildman–Crippen MR) is 102 cm³/mol. The molecule has 2 aromatic carbocycles. The van der Waals surface area contributed by atoms with Gasteiger partial charge in [-0.1, -0.05) is 12.1 Å². The van der Waals surface area contributed by atoms with Gasteiger partial charge in [0.05, 0.1) is 0 Å². The van der Waals surface area contributed by atoms with E-state index in [4.69, 9.17) is 9.47 Å². The number of nitrogens with one attached hydrogen (secondary N) is 2. The van der Waals surface area contributed by atoms with Gasteiger partial charge < -0.3 is 20.1 Å². The second kappa shape index (κ2) is 6.92. The molecule has 6 heteroatoms. The molecule has 0 atom stereocenters. The summed E-state index contributed by atoms with van der Waals surface area (Å²) in [6.07, 6.45) is 1.54. The molecule has 6 nitrogen and oxygen atoms in total. The molecule has 0 amide bonds. The van der Waals surface area contributed by atoms with Gasteiger partial charge in [-0.05, 0) is 43.2 Å². The fourth-order valence-electron chi connectivity index (χ4n) is 2.79. The summed E-state index contributed by atoms with van der Waals surface area (Å²) in [5.41, 5.74) is 4.35. The summed E-state index contributed by atoms with van der Waals surface area (Å²) in [7, 11) is 0. The molecule has 3 aromatic rings. The molecule has 1 aliphatic heterocycles. The van der Waals surface area contributed by atoms with Gasteiger partial charge in [-0.15, -0.1) is 0 Å². The molecule has 0 fully saturated rings. The van der Waals surface area contributed by atoms with Crippen molar-refractivity contribution >= 4 is 23.0 Å². The first-order valence-electron chi connectivity index (χ1n) is 8.51. The first kappa shape index (κ1) is 16.2. The Labute approximate surface area is 152 Å². The van der Waals surface area contributed by atoms with Crippen molar-refractivity contribution in [2.24, 2.45) is 0 Å². The number of nitrogens with zero attached hydrogens (tertiary/aromatic N) is 2. The lowest BCUT2D eigenvalue weighted by atomic mass is 10.1. The van der Waals surface area contributed by atoms with Gasteiger partial charge >= 0.3 is 0 Å². The number of benzene rings is 2. The van der Waals surface area contributed by atoms with E-state index in [2.05, 4.69) is 40.5 Å². The summed E-state index contributed by atoms with van der Waals surface area (Å²) in [4.78, 5) is 8.60. The van der Waals surface area contributed by atoms with Crippen LogP contribution in [-0.2, 0) is 0 Å². The highest BCUT2D eigenvalue weighted by atomic mass is 16.6. The van der Waals surface area contributed by atoms with Crippen LogP contribution in [0, 0.1) is 13.8 Å². The van der Waals surface area contributed by atoms with Crippen LogP contribution in [0.15, 0.2) is 48.8 Å². The summed E-state index contributed by atoms with van der Waals surface area (Å²) in [5.74, 6) is 2.93. The number of fused-ring (bicyclic) bond motifs is 1. The molecule has 1 aromatic heterocycles. The molecule has 0 saturated heterocycles. The van der Waals surface area contributed by atoms with Crippen molar-refractivity contribution in [1.82, 2.24) is 9.97 Å². The summed E-state index contributed by atoms with van der Waals surface area (Å²) in [5, 5.41) is 6.63. The summed E-state index contributed by atoms with van der Waals surface area (Å²) >= 11 is 0. The van der Waals surface area contributed by atoms with Gasteiger partial charge in [0, 0.05) is 23.5 Å². The number of hydrogen-bond acceptors (Lipinski definition) is 6. The Bertz CT molecular complexity index is 943. The minimum atomic E-state index is 0.563. The number of aryl methyl sites for hydroxylation is 1. The highest BCUT2D eigenvalue weighted by Gasteiger charge is 2.12. The van der Waals surface area contributed by atoms with E-state index in [9.17, 15) is 0 Å². The van der Waals surface area contributed by atoms with E-state index < -0.39 is 0 Å². The van der Waals surface area contributed by atoms with Gasteiger partial charge in [-0.2, -0.15) is 0 Å². The van der Waals surface area contributed by atoms with Crippen molar-refractivity contribution < 1.29 is 9.47 Å². The lowest BCUT2D eigenvalue weighted by Gasteiger charge is -2.19. The van der Waals surface area contributed by atoms with Gasteiger partial charge in [0.1, 0.15) is 31.2 Å². The third-order valence-corrected chi connectivity index (χ3v) is 4.35. The molecule has 0 saturated carbocycles. The fourth-order valence-corrected chi connectivity index (χ4v) is 2.79. The van der Waals surface area contributed by atoms with Crippen molar-refractivity contribution in [3.8, 4) is 11.5 Å². The zero-order valence-electron chi connectivity index (χ0n) is 14.7. The molecular formula is C20H20N4O2. The first-order chi connectivity index (χ1) is 12.7. The molecular weight excluding hydrogens is 328 g/mol. The minimum Gasteiger partial charge on any atom is -0.486 e. The maximum absolute atomic E-state index is 5.62. The monoisotopic (exact) mass is 348 g/mol. The molecule has 0 aliphatic carbocycles. The van der Waals surface area contributed by atoms with Gasteiger partial charge in [-0.25, -0.2) is 9.97 Å². The average molecular weight is 348 g/mol. The molecule has 0 radical (unpaired) electrons. The lowest BCUT2D eigenvalue weighted by molar-refractivity contribution is 0.171. The van der Waals surface area contributed by atoms with Gasteiger partial charge in [0.2, 0.25) is 0 Å². The van der Waals surface area contributed by atoms with Crippen molar-refractivity contribution in [2.45, 2.75) is 13.8 Å². The van der Waals surface area contributed by atoms with Crippen molar-refractivity contribution in [1.29, 1.82) is 0 Å². The maximum atomic E-state index is 5.62. The average Bonchev–Trinajstić information content (AvgIpc) is 2.66. The minimum absolute atomic E-state index is 0.563. The van der Waals surface area contributed by atoms with E-state index in [-0.39, 0.29) is 0 Å². The summed E-state index contributed by atoms with van der Waals surface area (Å²) < 4.78 is 11.2. The Kier molecular flexibility index (Phi) is 4.31. The Hall–Kier alpha value is -3.28. The van der Waals surface area contributed by atoms with E-state index in [1.165, 1.54) is 17.5 Å². The molecule has 2 N–H and O–H groups in total. The largest absolute Gasteiger partial charge is 0.486 e. The molecule has 4 rings (SSSR count). The third-order valence-electron chi connectivity index (χ3n) is 4.35.